The number of para-hydroxylation sites is 2. The van der Waals surface area contributed by atoms with Crippen LogP contribution in [0.3, 0.4) is 0 Å². The van der Waals surface area contributed by atoms with Gasteiger partial charge >= 0.3 is 0 Å². The molecular weight excluding hydrogens is 352 g/mol. The van der Waals surface area contributed by atoms with Gasteiger partial charge in [-0.3, -0.25) is 9.40 Å². The van der Waals surface area contributed by atoms with Gasteiger partial charge in [0.1, 0.15) is 4.90 Å². The maximum absolute atomic E-state index is 12.7. The summed E-state index contributed by atoms with van der Waals surface area (Å²) in [6.07, 6.45) is 7.17. The van der Waals surface area contributed by atoms with Gasteiger partial charge in [-0.15, -0.1) is 0 Å². The Morgan fingerprint density at radius 2 is 1.73 bits per heavy atom. The van der Waals surface area contributed by atoms with E-state index in [0.29, 0.717) is 11.3 Å². The first-order valence-corrected chi connectivity index (χ1v) is 10.0. The summed E-state index contributed by atoms with van der Waals surface area (Å²) in [5, 5.41) is 7.29. The largest absolute Gasteiger partial charge is 0.364 e. The summed E-state index contributed by atoms with van der Waals surface area (Å²) < 4.78 is 29.4. The van der Waals surface area contributed by atoms with Crippen LogP contribution in [0.4, 0.5) is 11.6 Å². The highest BCUT2D eigenvalue weighted by atomic mass is 32.2. The van der Waals surface area contributed by atoms with E-state index in [2.05, 4.69) is 25.1 Å². The van der Waals surface area contributed by atoms with E-state index in [0.717, 1.165) is 31.2 Å². The van der Waals surface area contributed by atoms with Crippen LogP contribution in [-0.4, -0.2) is 34.2 Å². The fourth-order valence-corrected chi connectivity index (χ4v) is 4.15. The van der Waals surface area contributed by atoms with Crippen molar-refractivity contribution in [2.45, 2.75) is 36.6 Å². The highest BCUT2D eigenvalue weighted by Crippen LogP contribution is 2.28. The predicted molar refractivity (Wildman–Crippen MR) is 99.4 cm³/mol. The van der Waals surface area contributed by atoms with Gasteiger partial charge in [0, 0.05) is 19.3 Å². The molecule has 0 unspecified atom stereocenters. The number of nitrogens with zero attached hydrogens (tertiary/aromatic N) is 4. The topological polar surface area (TPSA) is 102 Å². The Morgan fingerprint density at radius 3 is 2.35 bits per heavy atom. The van der Waals surface area contributed by atoms with Crippen LogP contribution in [0.15, 0.2) is 41.6 Å². The van der Waals surface area contributed by atoms with Crippen LogP contribution >= 0.6 is 0 Å². The number of hydrogen-bond donors (Lipinski definition) is 2. The second-order valence-corrected chi connectivity index (χ2v) is 8.17. The van der Waals surface area contributed by atoms with Crippen LogP contribution in [-0.2, 0) is 17.1 Å². The van der Waals surface area contributed by atoms with Crippen LogP contribution in [0, 0.1) is 0 Å². The fraction of sp³-hybridized carbons (Fsp3) is 0.353. The van der Waals surface area contributed by atoms with Crippen molar-refractivity contribution in [3.05, 3.63) is 36.7 Å². The zero-order chi connectivity index (χ0) is 18.1. The smallest absolute Gasteiger partial charge is 0.266 e. The molecule has 1 saturated carbocycles. The molecule has 0 amide bonds. The van der Waals surface area contributed by atoms with Crippen LogP contribution in [0.2, 0.25) is 0 Å². The van der Waals surface area contributed by atoms with Crippen molar-refractivity contribution in [3.63, 3.8) is 0 Å². The zero-order valence-corrected chi connectivity index (χ0v) is 15.2. The Morgan fingerprint density at radius 1 is 1.08 bits per heavy atom. The third-order valence-electron chi connectivity index (χ3n) is 4.49. The van der Waals surface area contributed by atoms with Crippen LogP contribution < -0.4 is 10.0 Å². The van der Waals surface area contributed by atoms with Crippen LogP contribution in [0.1, 0.15) is 25.7 Å². The maximum atomic E-state index is 12.7. The van der Waals surface area contributed by atoms with E-state index in [1.807, 2.05) is 24.3 Å². The summed E-state index contributed by atoms with van der Waals surface area (Å²) in [6.45, 7) is 0. The number of sulfonamides is 1. The van der Waals surface area contributed by atoms with Gasteiger partial charge in [0.25, 0.3) is 10.0 Å². The van der Waals surface area contributed by atoms with Crippen LogP contribution in [0.25, 0.3) is 11.0 Å². The molecule has 0 spiro atoms. The average Bonchev–Trinajstić information content (AvgIpc) is 3.27. The molecule has 26 heavy (non-hydrogen) atoms. The van der Waals surface area contributed by atoms with Crippen LogP contribution in [0.5, 0.6) is 0 Å². The van der Waals surface area contributed by atoms with Gasteiger partial charge in [-0.25, -0.2) is 18.4 Å². The Kier molecular flexibility index (Phi) is 4.23. The van der Waals surface area contributed by atoms with Gasteiger partial charge in [0.05, 0.1) is 17.2 Å². The van der Waals surface area contributed by atoms with E-state index in [4.69, 9.17) is 0 Å². The lowest BCUT2D eigenvalue weighted by Crippen LogP contribution is -2.20. The minimum Gasteiger partial charge on any atom is -0.364 e. The van der Waals surface area contributed by atoms with E-state index >= 15 is 0 Å². The standard InChI is InChI=1S/C17H20N6O2S/c1-23-11-13(10-18-23)26(24,25)22-17-16(19-12-6-2-3-7-12)20-14-8-4-5-9-15(14)21-17/h4-5,8-12H,2-3,6-7H2,1H3,(H,19,20)(H,21,22). The molecule has 0 radical (unpaired) electrons. The fourth-order valence-electron chi connectivity index (χ4n) is 3.16. The molecule has 0 aliphatic heterocycles. The molecule has 1 aromatic carbocycles. The molecule has 136 valence electrons. The maximum Gasteiger partial charge on any atom is 0.266 e. The Hall–Kier alpha value is -2.68. The van der Waals surface area contributed by atoms with Crippen molar-refractivity contribution in [1.82, 2.24) is 19.7 Å². The van der Waals surface area contributed by atoms with Gasteiger partial charge in [0.15, 0.2) is 11.6 Å². The second kappa shape index (κ2) is 6.56. The molecule has 0 bridgehead atoms. The van der Waals surface area contributed by atoms with Crippen molar-refractivity contribution < 1.29 is 8.42 Å². The first kappa shape index (κ1) is 16.8. The van der Waals surface area contributed by atoms with E-state index in [-0.39, 0.29) is 16.8 Å². The summed E-state index contributed by atoms with van der Waals surface area (Å²) in [4.78, 5) is 9.18. The van der Waals surface area contributed by atoms with Gasteiger partial charge in [-0.05, 0) is 25.0 Å². The Labute approximate surface area is 151 Å². The van der Waals surface area contributed by atoms with Crippen molar-refractivity contribution >= 4 is 32.7 Å². The number of aromatic nitrogens is 4. The Bertz CT molecular complexity index is 1040. The molecule has 0 saturated heterocycles. The molecule has 9 heteroatoms. The summed E-state index contributed by atoms with van der Waals surface area (Å²) >= 11 is 0. The van der Waals surface area contributed by atoms with Gasteiger partial charge in [0.2, 0.25) is 0 Å². The van der Waals surface area contributed by atoms with Gasteiger partial charge in [-0.2, -0.15) is 5.10 Å². The molecule has 1 aliphatic carbocycles. The summed E-state index contributed by atoms with van der Waals surface area (Å²) in [5.74, 6) is 0.669. The number of anilines is 2. The molecule has 8 nitrogen and oxygen atoms in total. The minimum atomic E-state index is -3.79. The molecule has 0 atom stereocenters. The molecule has 4 rings (SSSR count). The molecule has 1 fully saturated rings. The SMILES string of the molecule is Cn1cc(S(=O)(=O)Nc2nc3ccccc3nc2NC2CCCC2)cn1. The third-order valence-corrected chi connectivity index (χ3v) is 5.78. The molecule has 1 aliphatic rings. The molecule has 3 aromatic rings. The zero-order valence-electron chi connectivity index (χ0n) is 14.4. The molecule has 2 aromatic heterocycles. The minimum absolute atomic E-state index is 0.0850. The predicted octanol–water partition coefficient (Wildman–Crippen LogP) is 2.52. The molecular formula is C17H20N6O2S. The Balaban J connectivity index is 1.73. The van der Waals surface area contributed by atoms with E-state index in [1.54, 1.807) is 7.05 Å². The van der Waals surface area contributed by atoms with Gasteiger partial charge in [-0.1, -0.05) is 25.0 Å². The van der Waals surface area contributed by atoms with Crippen molar-refractivity contribution in [3.8, 4) is 0 Å². The van der Waals surface area contributed by atoms with E-state index in [1.165, 1.54) is 17.1 Å². The second-order valence-electron chi connectivity index (χ2n) is 6.49. The quantitative estimate of drug-likeness (QED) is 0.713. The number of rotatable bonds is 5. The highest BCUT2D eigenvalue weighted by molar-refractivity contribution is 7.92. The number of hydrogen-bond acceptors (Lipinski definition) is 6. The highest BCUT2D eigenvalue weighted by Gasteiger charge is 2.22. The number of benzene rings is 1. The van der Waals surface area contributed by atoms with Crippen molar-refractivity contribution in [2.24, 2.45) is 7.05 Å². The monoisotopic (exact) mass is 372 g/mol. The lowest BCUT2D eigenvalue weighted by Gasteiger charge is -2.17. The molecule has 2 N–H and O–H groups in total. The van der Waals surface area contributed by atoms with E-state index < -0.39 is 10.0 Å². The lowest BCUT2D eigenvalue weighted by atomic mass is 10.2. The first-order valence-electron chi connectivity index (χ1n) is 8.56. The number of fused-ring (bicyclic) bond motifs is 1. The van der Waals surface area contributed by atoms with Gasteiger partial charge < -0.3 is 5.32 Å². The summed E-state index contributed by atoms with van der Waals surface area (Å²) in [6, 6.07) is 7.69. The number of nitrogens with one attached hydrogen (secondary N) is 2. The average molecular weight is 372 g/mol. The lowest BCUT2D eigenvalue weighted by molar-refractivity contribution is 0.601. The van der Waals surface area contributed by atoms with E-state index in [9.17, 15) is 8.42 Å². The third kappa shape index (κ3) is 3.34. The summed E-state index contributed by atoms with van der Waals surface area (Å²) in [5.41, 5.74) is 1.35. The van der Waals surface area contributed by atoms with Crippen molar-refractivity contribution in [2.75, 3.05) is 10.0 Å². The number of aryl methyl sites for hydroxylation is 1. The van der Waals surface area contributed by atoms with Crippen molar-refractivity contribution in [1.29, 1.82) is 0 Å². The normalized spacial score (nSPS) is 15.4. The first-order chi connectivity index (χ1) is 12.5. The molecule has 2 heterocycles. The summed E-state index contributed by atoms with van der Waals surface area (Å²) in [7, 11) is -2.12.